The summed E-state index contributed by atoms with van der Waals surface area (Å²) in [4.78, 5) is 26.0. The second-order valence-corrected chi connectivity index (χ2v) is 5.88. The van der Waals surface area contributed by atoms with Crippen molar-refractivity contribution in [1.82, 2.24) is 10.2 Å². The summed E-state index contributed by atoms with van der Waals surface area (Å²) >= 11 is 0. The Labute approximate surface area is 102 Å². The largest absolute Gasteiger partial charge is 0.345 e. The number of rotatable bonds is 4. The molecule has 1 aliphatic heterocycles. The van der Waals surface area contributed by atoms with Gasteiger partial charge in [0.25, 0.3) is 0 Å². The topological polar surface area (TPSA) is 49.4 Å². The molecule has 1 N–H and O–H groups in total. The first-order chi connectivity index (χ1) is 8.12. The molecule has 0 aromatic carbocycles. The van der Waals surface area contributed by atoms with Crippen LogP contribution in [0.2, 0.25) is 0 Å². The molecule has 4 nitrogen and oxygen atoms in total. The van der Waals surface area contributed by atoms with Crippen LogP contribution in [0.15, 0.2) is 0 Å². The van der Waals surface area contributed by atoms with Crippen molar-refractivity contribution >= 4 is 11.8 Å². The van der Waals surface area contributed by atoms with Crippen LogP contribution in [0.4, 0.5) is 0 Å². The first-order valence-corrected chi connectivity index (χ1v) is 6.71. The monoisotopic (exact) mass is 236 g/mol. The van der Waals surface area contributed by atoms with Crippen LogP contribution < -0.4 is 5.32 Å². The van der Waals surface area contributed by atoms with Crippen molar-refractivity contribution in [2.75, 3.05) is 13.1 Å². The normalized spacial score (nSPS) is 33.8. The minimum absolute atomic E-state index is 0.0513. The molecule has 3 rings (SSSR count). The van der Waals surface area contributed by atoms with Gasteiger partial charge in [-0.25, -0.2) is 0 Å². The molecular weight excluding hydrogens is 216 g/mol. The molecule has 0 bridgehead atoms. The Balaban J connectivity index is 1.77. The van der Waals surface area contributed by atoms with Gasteiger partial charge in [0.2, 0.25) is 11.8 Å². The van der Waals surface area contributed by atoms with E-state index in [2.05, 4.69) is 5.32 Å². The summed E-state index contributed by atoms with van der Waals surface area (Å²) in [5.41, 5.74) is -0.565. The summed E-state index contributed by atoms with van der Waals surface area (Å²) in [7, 11) is 0. The number of hydrogen-bond donors (Lipinski definition) is 1. The predicted molar refractivity (Wildman–Crippen MR) is 63.2 cm³/mol. The van der Waals surface area contributed by atoms with Gasteiger partial charge in [-0.1, -0.05) is 12.8 Å². The number of nitrogens with one attached hydrogen (secondary N) is 1. The highest BCUT2D eigenvalue weighted by Crippen LogP contribution is 2.45. The number of hydrogen-bond acceptors (Lipinski definition) is 2. The molecule has 1 heterocycles. The van der Waals surface area contributed by atoms with Crippen LogP contribution in [-0.4, -0.2) is 35.3 Å². The summed E-state index contributed by atoms with van der Waals surface area (Å²) in [6, 6.07) is 0. The van der Waals surface area contributed by atoms with E-state index in [9.17, 15) is 9.59 Å². The van der Waals surface area contributed by atoms with Crippen molar-refractivity contribution < 1.29 is 9.59 Å². The van der Waals surface area contributed by atoms with Crippen molar-refractivity contribution in [3.05, 3.63) is 0 Å². The fourth-order valence-corrected chi connectivity index (χ4v) is 2.94. The molecule has 0 aromatic rings. The lowest BCUT2D eigenvalue weighted by molar-refractivity contribution is -0.154. The van der Waals surface area contributed by atoms with Crippen LogP contribution in [0, 0.1) is 11.8 Å². The summed E-state index contributed by atoms with van der Waals surface area (Å²) < 4.78 is 0. The maximum absolute atomic E-state index is 12.1. The molecule has 0 spiro atoms. The highest BCUT2D eigenvalue weighted by Gasteiger charge is 2.54. The van der Waals surface area contributed by atoms with Gasteiger partial charge >= 0.3 is 0 Å². The second-order valence-electron chi connectivity index (χ2n) is 5.88. The first-order valence-electron chi connectivity index (χ1n) is 6.71. The van der Waals surface area contributed by atoms with Gasteiger partial charge in [-0.05, 0) is 38.0 Å². The predicted octanol–water partition coefficient (Wildman–Crippen LogP) is 0.914. The molecular formula is C13H20N2O2. The third kappa shape index (κ3) is 1.83. The lowest BCUT2D eigenvalue weighted by atomic mass is 9.89. The Morgan fingerprint density at radius 3 is 2.59 bits per heavy atom. The molecule has 94 valence electrons. The van der Waals surface area contributed by atoms with Crippen molar-refractivity contribution in [3.63, 3.8) is 0 Å². The smallest absolute Gasteiger partial charge is 0.246 e. The Kier molecular flexibility index (Phi) is 2.42. The molecule has 0 radical (unpaired) electrons. The molecule has 0 aromatic heterocycles. The standard InChI is InChI=1S/C13H20N2O2/c1-13(10-4-5-10)12(17)14-8-11(16)15(13)7-6-9-2-3-9/h9-10H,2-8H2,1H3,(H,14,17). The summed E-state index contributed by atoms with van der Waals surface area (Å²) in [6.45, 7) is 2.90. The van der Waals surface area contributed by atoms with E-state index in [0.29, 0.717) is 5.92 Å². The molecule has 2 aliphatic carbocycles. The van der Waals surface area contributed by atoms with E-state index >= 15 is 0 Å². The minimum Gasteiger partial charge on any atom is -0.345 e. The van der Waals surface area contributed by atoms with E-state index in [1.54, 1.807) is 0 Å². The van der Waals surface area contributed by atoms with E-state index in [0.717, 1.165) is 31.7 Å². The summed E-state index contributed by atoms with van der Waals surface area (Å²) in [5.74, 6) is 1.33. The third-order valence-electron chi connectivity index (χ3n) is 4.55. The molecule has 4 heteroatoms. The van der Waals surface area contributed by atoms with E-state index in [-0.39, 0.29) is 18.4 Å². The van der Waals surface area contributed by atoms with E-state index < -0.39 is 5.54 Å². The van der Waals surface area contributed by atoms with Crippen LogP contribution >= 0.6 is 0 Å². The lowest BCUT2D eigenvalue weighted by Gasteiger charge is -2.44. The van der Waals surface area contributed by atoms with Crippen LogP contribution in [0.25, 0.3) is 0 Å². The minimum atomic E-state index is -0.565. The average molecular weight is 236 g/mol. The maximum Gasteiger partial charge on any atom is 0.246 e. The molecule has 3 fully saturated rings. The van der Waals surface area contributed by atoms with Crippen LogP contribution in [-0.2, 0) is 9.59 Å². The number of carbonyl (C=O) groups excluding carboxylic acids is 2. The molecule has 1 atom stereocenters. The van der Waals surface area contributed by atoms with Gasteiger partial charge in [0, 0.05) is 6.54 Å². The van der Waals surface area contributed by atoms with E-state index in [1.807, 2.05) is 11.8 Å². The van der Waals surface area contributed by atoms with Gasteiger partial charge in [0.05, 0.1) is 6.54 Å². The zero-order valence-corrected chi connectivity index (χ0v) is 10.4. The maximum atomic E-state index is 12.1. The van der Waals surface area contributed by atoms with Gasteiger partial charge in [0.1, 0.15) is 5.54 Å². The number of amides is 2. The molecule has 2 saturated carbocycles. The first kappa shape index (κ1) is 11.1. The molecule has 2 amide bonds. The SMILES string of the molecule is CC1(C2CC2)C(=O)NCC(=O)N1CCC1CC1. The quantitative estimate of drug-likeness (QED) is 0.789. The van der Waals surface area contributed by atoms with Gasteiger partial charge in [0.15, 0.2) is 0 Å². The zero-order valence-electron chi connectivity index (χ0n) is 10.4. The second kappa shape index (κ2) is 3.72. The summed E-state index contributed by atoms with van der Waals surface area (Å²) in [5, 5.41) is 2.75. The van der Waals surface area contributed by atoms with E-state index in [4.69, 9.17) is 0 Å². The third-order valence-corrected chi connectivity index (χ3v) is 4.55. The van der Waals surface area contributed by atoms with Gasteiger partial charge in [-0.15, -0.1) is 0 Å². The fourth-order valence-electron chi connectivity index (χ4n) is 2.94. The lowest BCUT2D eigenvalue weighted by Crippen LogP contribution is -2.67. The Hall–Kier alpha value is -1.06. The highest BCUT2D eigenvalue weighted by atomic mass is 16.2. The molecule has 1 saturated heterocycles. The van der Waals surface area contributed by atoms with Gasteiger partial charge in [-0.2, -0.15) is 0 Å². The Morgan fingerprint density at radius 1 is 1.29 bits per heavy atom. The molecule has 1 unspecified atom stereocenters. The fraction of sp³-hybridized carbons (Fsp3) is 0.846. The number of piperazine rings is 1. The van der Waals surface area contributed by atoms with Crippen molar-refractivity contribution in [2.45, 2.75) is 44.6 Å². The number of carbonyl (C=O) groups is 2. The number of nitrogens with zero attached hydrogens (tertiary/aromatic N) is 1. The van der Waals surface area contributed by atoms with Crippen LogP contribution in [0.5, 0.6) is 0 Å². The highest BCUT2D eigenvalue weighted by molar-refractivity contribution is 5.98. The van der Waals surface area contributed by atoms with Gasteiger partial charge in [-0.3, -0.25) is 9.59 Å². The average Bonchev–Trinajstić information content (AvgIpc) is 3.16. The van der Waals surface area contributed by atoms with E-state index in [1.165, 1.54) is 12.8 Å². The Bertz CT molecular complexity index is 360. The summed E-state index contributed by atoms with van der Waals surface area (Å²) in [6.07, 6.45) is 5.83. The zero-order chi connectivity index (χ0) is 12.0. The molecule has 17 heavy (non-hydrogen) atoms. The van der Waals surface area contributed by atoms with Crippen LogP contribution in [0.1, 0.15) is 39.0 Å². The van der Waals surface area contributed by atoms with Crippen molar-refractivity contribution in [2.24, 2.45) is 11.8 Å². The van der Waals surface area contributed by atoms with Crippen LogP contribution in [0.3, 0.4) is 0 Å². The Morgan fingerprint density at radius 2 is 2.00 bits per heavy atom. The van der Waals surface area contributed by atoms with Gasteiger partial charge < -0.3 is 10.2 Å². The molecule has 3 aliphatic rings. The van der Waals surface area contributed by atoms with Crippen molar-refractivity contribution in [1.29, 1.82) is 0 Å². The van der Waals surface area contributed by atoms with Crippen molar-refractivity contribution in [3.8, 4) is 0 Å².